The van der Waals surface area contributed by atoms with Gasteiger partial charge in [-0.2, -0.15) is 0 Å². The summed E-state index contributed by atoms with van der Waals surface area (Å²) in [5.74, 6) is -2.00. The third kappa shape index (κ3) is 5.95. The van der Waals surface area contributed by atoms with E-state index in [4.69, 9.17) is 30.9 Å². The Bertz CT molecular complexity index is 2740. The van der Waals surface area contributed by atoms with Crippen molar-refractivity contribution in [1.82, 2.24) is 19.1 Å². The van der Waals surface area contributed by atoms with Crippen LogP contribution in [-0.4, -0.2) is 66.3 Å². The van der Waals surface area contributed by atoms with Crippen molar-refractivity contribution < 1.29 is 38.9 Å². The number of nitrogens with two attached hydrogens (primary N) is 2. The lowest BCUT2D eigenvalue weighted by molar-refractivity contribution is 0.0692. The van der Waals surface area contributed by atoms with Crippen molar-refractivity contribution in [2.24, 2.45) is 11.5 Å². The van der Waals surface area contributed by atoms with Gasteiger partial charge in [0.05, 0.1) is 46.4 Å². The first-order valence-electron chi connectivity index (χ1n) is 17.4. The number of rotatable bonds is 13. The number of benzene rings is 4. The van der Waals surface area contributed by atoms with Gasteiger partial charge in [-0.15, -0.1) is 22.7 Å². The molecule has 56 heavy (non-hydrogen) atoms. The summed E-state index contributed by atoms with van der Waals surface area (Å²) in [4.78, 5) is 60.3. The highest BCUT2D eigenvalue weighted by Crippen LogP contribution is 2.46. The molecule has 0 atom stereocenters. The Morgan fingerprint density at radius 2 is 1.05 bits per heavy atom. The minimum atomic E-state index is -1.15. The van der Waals surface area contributed by atoms with E-state index in [0.717, 1.165) is 22.7 Å². The van der Waals surface area contributed by atoms with Gasteiger partial charge in [0.2, 0.25) is 11.8 Å². The van der Waals surface area contributed by atoms with Crippen LogP contribution in [0.4, 0.5) is 0 Å². The number of ether oxygens (including phenoxy) is 2. The van der Waals surface area contributed by atoms with Crippen molar-refractivity contribution in [3.63, 3.8) is 0 Å². The van der Waals surface area contributed by atoms with E-state index in [1.807, 2.05) is 35.1 Å². The van der Waals surface area contributed by atoms with Gasteiger partial charge in [-0.25, -0.2) is 19.6 Å². The van der Waals surface area contributed by atoms with Crippen molar-refractivity contribution in [1.29, 1.82) is 0 Å². The predicted molar refractivity (Wildman–Crippen MR) is 214 cm³/mol. The molecule has 16 heteroatoms. The maximum absolute atomic E-state index is 12.9. The average molecular weight is 789 g/mol. The fourth-order valence-electron chi connectivity index (χ4n) is 7.11. The molecule has 14 nitrogen and oxygen atoms in total. The number of carboxylic acids is 2. The summed E-state index contributed by atoms with van der Waals surface area (Å²) in [6, 6.07) is 20.5. The molecule has 0 bridgehead atoms. The number of carbonyl (C=O) groups is 4. The van der Waals surface area contributed by atoms with Gasteiger partial charge >= 0.3 is 11.9 Å². The number of imidazole rings is 2. The second-order valence-corrected chi connectivity index (χ2v) is 14.8. The highest BCUT2D eigenvalue weighted by atomic mass is 32.1. The summed E-state index contributed by atoms with van der Waals surface area (Å²) < 4.78 is 17.1. The molecule has 8 rings (SSSR count). The molecule has 4 heterocycles. The molecule has 4 aromatic heterocycles. The van der Waals surface area contributed by atoms with Gasteiger partial charge in [0, 0.05) is 44.4 Å². The van der Waals surface area contributed by atoms with E-state index in [9.17, 15) is 29.4 Å². The zero-order valence-corrected chi connectivity index (χ0v) is 31.5. The van der Waals surface area contributed by atoms with Crippen LogP contribution in [0.2, 0.25) is 0 Å². The van der Waals surface area contributed by atoms with Crippen LogP contribution in [0.1, 0.15) is 53.9 Å². The highest BCUT2D eigenvalue weighted by molar-refractivity contribution is 7.22. The van der Waals surface area contributed by atoms with Gasteiger partial charge < -0.3 is 40.3 Å². The number of primary amides is 2. The van der Waals surface area contributed by atoms with Crippen molar-refractivity contribution in [3.05, 3.63) is 93.7 Å². The maximum Gasteiger partial charge on any atom is 0.346 e. The van der Waals surface area contributed by atoms with Gasteiger partial charge in [0.25, 0.3) is 0 Å². The van der Waals surface area contributed by atoms with Crippen LogP contribution in [0.25, 0.3) is 65.0 Å². The van der Waals surface area contributed by atoms with Gasteiger partial charge in [0.1, 0.15) is 32.9 Å². The first-order chi connectivity index (χ1) is 27.0. The van der Waals surface area contributed by atoms with Crippen LogP contribution < -0.4 is 20.9 Å². The summed E-state index contributed by atoms with van der Waals surface area (Å²) in [5, 5.41) is 22.2. The Morgan fingerprint density at radius 1 is 0.643 bits per heavy atom. The topological polar surface area (TPSA) is 215 Å². The standard InChI is InChI=1S/C40H32N6O8S2/c1-3-53-25-7-5-9-27-29(25)31(33(55-27)39(49)50)37-43-21-17-19(35(41)47)11-13-23(21)45(37)15-16-46-24-14-12-20(36(42)48)18-22(24)44-38(46)32-30-26(54-4-2)8-6-10-28(30)56-34(32)40(51)52/h5-14,17-18H,3-4,15-16H2,1-2H3,(H2,41,47)(H2,42,48)(H,49,50)(H,51,52). The molecule has 0 aliphatic heterocycles. The van der Waals surface area contributed by atoms with E-state index in [-0.39, 0.29) is 34.0 Å². The van der Waals surface area contributed by atoms with E-state index >= 15 is 0 Å². The molecule has 0 saturated carbocycles. The van der Waals surface area contributed by atoms with E-state index in [2.05, 4.69) is 0 Å². The van der Waals surface area contributed by atoms with Gasteiger partial charge in [0.15, 0.2) is 0 Å². The molecule has 6 N–H and O–H groups in total. The summed E-state index contributed by atoms with van der Waals surface area (Å²) in [6.45, 7) is 4.68. The average Bonchev–Trinajstić information content (AvgIpc) is 3.94. The monoisotopic (exact) mass is 788 g/mol. The van der Waals surface area contributed by atoms with Gasteiger partial charge in [-0.1, -0.05) is 12.1 Å². The van der Waals surface area contributed by atoms with Crippen molar-refractivity contribution >= 4 is 88.7 Å². The fraction of sp³-hybridized carbons (Fsp3) is 0.150. The molecule has 0 unspecified atom stereocenters. The number of aromatic carboxylic acids is 2. The number of hydrogen-bond acceptors (Lipinski definition) is 10. The summed E-state index contributed by atoms with van der Waals surface area (Å²) in [5.41, 5.74) is 14.4. The SMILES string of the molecule is CCOc1cccc2sc(C(=O)O)c(-c3nc4cc(C(N)=O)ccc4n3CCn3c(-c4c(C(=O)O)sc5cccc(OCC)c45)nc4cc(C(N)=O)ccc43)c12. The third-order valence-corrected chi connectivity index (χ3v) is 11.7. The molecular weight excluding hydrogens is 757 g/mol. The van der Waals surface area contributed by atoms with Crippen molar-refractivity contribution in [2.45, 2.75) is 26.9 Å². The zero-order valence-electron chi connectivity index (χ0n) is 29.9. The van der Waals surface area contributed by atoms with Crippen molar-refractivity contribution in [2.75, 3.05) is 13.2 Å². The van der Waals surface area contributed by atoms with Crippen molar-refractivity contribution in [3.8, 4) is 34.3 Å². The Hall–Kier alpha value is -6.78. The molecule has 8 aromatic rings. The lowest BCUT2D eigenvalue weighted by atomic mass is 10.1. The summed E-state index contributed by atoms with van der Waals surface area (Å²) >= 11 is 2.20. The maximum atomic E-state index is 12.9. The highest BCUT2D eigenvalue weighted by Gasteiger charge is 2.29. The lowest BCUT2D eigenvalue weighted by Crippen LogP contribution is -2.12. The van der Waals surface area contributed by atoms with Crippen LogP contribution in [0.5, 0.6) is 11.5 Å². The number of carboxylic acid groups (broad SMARTS) is 2. The first-order valence-corrected chi connectivity index (χ1v) is 19.1. The summed E-state index contributed by atoms with van der Waals surface area (Å²) in [6.07, 6.45) is 0. The number of thiophene rings is 2. The van der Waals surface area contributed by atoms with Crippen LogP contribution in [0.3, 0.4) is 0 Å². The Balaban J connectivity index is 1.39. The van der Waals surface area contributed by atoms with Crippen LogP contribution in [0, 0.1) is 0 Å². The van der Waals surface area contributed by atoms with Gasteiger partial charge in [-0.3, -0.25) is 9.59 Å². The Kier molecular flexibility index (Phi) is 9.14. The molecule has 0 radical (unpaired) electrons. The molecule has 0 aliphatic rings. The molecular formula is C40H32N6O8S2. The number of carbonyl (C=O) groups excluding carboxylic acids is 2. The zero-order chi connectivity index (χ0) is 39.4. The minimum Gasteiger partial charge on any atom is -0.493 e. The van der Waals surface area contributed by atoms with E-state index in [1.165, 1.54) is 0 Å². The number of amides is 2. The summed E-state index contributed by atoms with van der Waals surface area (Å²) in [7, 11) is 0. The van der Waals surface area contributed by atoms with E-state index in [0.29, 0.717) is 89.7 Å². The van der Waals surface area contributed by atoms with E-state index < -0.39 is 23.8 Å². The molecule has 0 aliphatic carbocycles. The Labute approximate surface area is 325 Å². The lowest BCUT2D eigenvalue weighted by Gasteiger charge is -2.15. The number of nitrogens with zero attached hydrogens (tertiary/aromatic N) is 4. The molecule has 0 saturated heterocycles. The molecule has 282 valence electrons. The van der Waals surface area contributed by atoms with E-state index in [1.54, 1.807) is 60.7 Å². The molecule has 4 aromatic carbocycles. The number of fused-ring (bicyclic) bond motifs is 4. The molecule has 0 fully saturated rings. The number of hydrogen-bond donors (Lipinski definition) is 4. The van der Waals surface area contributed by atoms with Crippen LogP contribution in [0.15, 0.2) is 72.8 Å². The second kappa shape index (κ2) is 14.1. The van der Waals surface area contributed by atoms with Gasteiger partial charge in [-0.05, 0) is 74.5 Å². The van der Waals surface area contributed by atoms with Crippen LogP contribution >= 0.6 is 22.7 Å². The molecule has 2 amide bonds. The number of aryl methyl sites for hydroxylation is 2. The molecule has 0 spiro atoms. The first kappa shape index (κ1) is 36.2. The Morgan fingerprint density at radius 3 is 1.41 bits per heavy atom. The largest absolute Gasteiger partial charge is 0.493 e. The quantitative estimate of drug-likeness (QED) is 0.0919. The number of aromatic nitrogens is 4. The smallest absolute Gasteiger partial charge is 0.346 e. The fourth-order valence-corrected chi connectivity index (χ4v) is 9.22. The third-order valence-electron chi connectivity index (χ3n) is 9.40. The van der Waals surface area contributed by atoms with Crippen LogP contribution in [-0.2, 0) is 13.1 Å². The minimum absolute atomic E-state index is 0.0471. The predicted octanol–water partition coefficient (Wildman–Crippen LogP) is 7.24. The second-order valence-electron chi connectivity index (χ2n) is 12.7. The normalized spacial score (nSPS) is 11.5.